The molecule has 0 aromatic carbocycles. The maximum Gasteiger partial charge on any atom is 0.225 e. The standard InChI is InChI=1S/C7H9FNO/c1-2-10-9-5-3-7(8)4-6-9/h3-6H,2H2,1H3/q+1. The van der Waals surface area contributed by atoms with E-state index in [1.807, 2.05) is 6.92 Å². The van der Waals surface area contributed by atoms with E-state index in [0.29, 0.717) is 6.61 Å². The zero-order valence-electron chi connectivity index (χ0n) is 5.75. The third kappa shape index (κ3) is 1.69. The highest BCUT2D eigenvalue weighted by Crippen LogP contribution is 1.87. The minimum Gasteiger partial charge on any atom is -0.272 e. The summed E-state index contributed by atoms with van der Waals surface area (Å²) in [6.45, 7) is 2.45. The van der Waals surface area contributed by atoms with Gasteiger partial charge in [-0.3, -0.25) is 4.84 Å². The summed E-state index contributed by atoms with van der Waals surface area (Å²) < 4.78 is 13.7. The van der Waals surface area contributed by atoms with Gasteiger partial charge in [0.15, 0.2) is 6.61 Å². The Hall–Kier alpha value is -1.12. The quantitative estimate of drug-likeness (QED) is 0.550. The lowest BCUT2D eigenvalue weighted by Gasteiger charge is -1.91. The molecule has 0 unspecified atom stereocenters. The number of hydrogen-bond donors (Lipinski definition) is 0. The highest BCUT2D eigenvalue weighted by Gasteiger charge is 1.97. The molecule has 0 fully saturated rings. The highest BCUT2D eigenvalue weighted by molar-refractivity contribution is 4.88. The molecule has 0 amide bonds. The van der Waals surface area contributed by atoms with Crippen molar-refractivity contribution < 1.29 is 14.0 Å². The van der Waals surface area contributed by atoms with Gasteiger partial charge in [-0.1, -0.05) is 0 Å². The van der Waals surface area contributed by atoms with Crippen molar-refractivity contribution in [2.24, 2.45) is 0 Å². The Morgan fingerprint density at radius 1 is 1.50 bits per heavy atom. The number of hydrogen-bond acceptors (Lipinski definition) is 1. The van der Waals surface area contributed by atoms with Crippen LogP contribution in [0.25, 0.3) is 0 Å². The second-order valence-corrected chi connectivity index (χ2v) is 1.79. The number of rotatable bonds is 2. The van der Waals surface area contributed by atoms with Gasteiger partial charge in [0.1, 0.15) is 5.82 Å². The summed E-state index contributed by atoms with van der Waals surface area (Å²) in [5.74, 6) is -0.254. The van der Waals surface area contributed by atoms with Gasteiger partial charge < -0.3 is 0 Å². The summed E-state index contributed by atoms with van der Waals surface area (Å²) in [6.07, 6.45) is 3.05. The molecule has 0 aliphatic carbocycles. The maximum atomic E-state index is 12.3. The molecule has 3 heteroatoms. The predicted molar refractivity (Wildman–Crippen MR) is 33.7 cm³/mol. The second kappa shape index (κ2) is 3.15. The van der Waals surface area contributed by atoms with Gasteiger partial charge >= 0.3 is 0 Å². The van der Waals surface area contributed by atoms with Gasteiger partial charge in [-0.15, -0.1) is 0 Å². The van der Waals surface area contributed by atoms with Gasteiger partial charge in [-0.2, -0.15) is 0 Å². The summed E-state index contributed by atoms with van der Waals surface area (Å²) in [5.41, 5.74) is 0. The molecule has 0 saturated carbocycles. The molecular weight excluding hydrogens is 133 g/mol. The third-order valence-electron chi connectivity index (χ3n) is 1.04. The fourth-order valence-electron chi connectivity index (χ4n) is 0.630. The Morgan fingerprint density at radius 2 is 2.10 bits per heavy atom. The van der Waals surface area contributed by atoms with Crippen LogP contribution in [0.3, 0.4) is 0 Å². The molecular formula is C7H9FNO+. The van der Waals surface area contributed by atoms with E-state index in [9.17, 15) is 4.39 Å². The topological polar surface area (TPSA) is 13.1 Å². The fraction of sp³-hybridized carbons (Fsp3) is 0.286. The highest BCUT2D eigenvalue weighted by atomic mass is 19.1. The van der Waals surface area contributed by atoms with Crippen molar-refractivity contribution in [3.8, 4) is 0 Å². The molecule has 1 aromatic rings. The SMILES string of the molecule is CCO[n+]1ccc(F)cc1. The zero-order chi connectivity index (χ0) is 7.40. The van der Waals surface area contributed by atoms with E-state index in [-0.39, 0.29) is 5.82 Å². The van der Waals surface area contributed by atoms with E-state index in [0.717, 1.165) is 0 Å². The van der Waals surface area contributed by atoms with E-state index in [4.69, 9.17) is 4.84 Å². The number of nitrogens with zero attached hydrogens (tertiary/aromatic N) is 1. The van der Waals surface area contributed by atoms with Gasteiger partial charge in [0, 0.05) is 16.9 Å². The third-order valence-corrected chi connectivity index (χ3v) is 1.04. The lowest BCUT2D eigenvalue weighted by Crippen LogP contribution is -2.41. The molecule has 2 nitrogen and oxygen atoms in total. The Balaban J connectivity index is 2.69. The summed E-state index contributed by atoms with van der Waals surface area (Å²) in [5, 5.41) is 0. The van der Waals surface area contributed by atoms with E-state index in [1.54, 1.807) is 0 Å². The van der Waals surface area contributed by atoms with Gasteiger partial charge in [0.2, 0.25) is 12.4 Å². The minimum atomic E-state index is -0.254. The molecule has 0 aliphatic heterocycles. The Bertz CT molecular complexity index is 197. The van der Waals surface area contributed by atoms with Crippen LogP contribution in [0.2, 0.25) is 0 Å². The van der Waals surface area contributed by atoms with Crippen molar-refractivity contribution in [2.45, 2.75) is 6.92 Å². The van der Waals surface area contributed by atoms with Crippen molar-refractivity contribution in [3.63, 3.8) is 0 Å². The minimum absolute atomic E-state index is 0.254. The average Bonchev–Trinajstić information content (AvgIpc) is 1.95. The molecule has 0 aliphatic rings. The first-order valence-corrected chi connectivity index (χ1v) is 3.13. The number of aromatic nitrogens is 1. The van der Waals surface area contributed by atoms with Gasteiger partial charge in [-0.05, 0) is 6.92 Å². The normalized spacial score (nSPS) is 9.40. The Morgan fingerprint density at radius 3 is 2.60 bits per heavy atom. The molecule has 10 heavy (non-hydrogen) atoms. The van der Waals surface area contributed by atoms with Crippen LogP contribution in [-0.2, 0) is 0 Å². The monoisotopic (exact) mass is 142 g/mol. The van der Waals surface area contributed by atoms with E-state index >= 15 is 0 Å². The molecule has 0 bridgehead atoms. The van der Waals surface area contributed by atoms with Crippen LogP contribution in [0.5, 0.6) is 0 Å². The van der Waals surface area contributed by atoms with Crippen LogP contribution < -0.4 is 9.57 Å². The first-order valence-electron chi connectivity index (χ1n) is 3.13. The number of pyridine rings is 1. The van der Waals surface area contributed by atoms with Gasteiger partial charge in [0.05, 0.1) is 0 Å². The van der Waals surface area contributed by atoms with E-state index < -0.39 is 0 Å². The molecule has 1 rings (SSSR count). The van der Waals surface area contributed by atoms with Crippen molar-refractivity contribution in [3.05, 3.63) is 30.3 Å². The van der Waals surface area contributed by atoms with E-state index in [2.05, 4.69) is 0 Å². The summed E-state index contributed by atoms with van der Waals surface area (Å²) in [6, 6.07) is 2.69. The summed E-state index contributed by atoms with van der Waals surface area (Å²) in [4.78, 5) is 5.01. The second-order valence-electron chi connectivity index (χ2n) is 1.79. The molecule has 1 heterocycles. The first-order chi connectivity index (χ1) is 4.83. The van der Waals surface area contributed by atoms with Crippen LogP contribution in [0, 0.1) is 5.82 Å². The fourth-order valence-corrected chi connectivity index (χ4v) is 0.630. The lowest BCUT2D eigenvalue weighted by atomic mass is 10.5. The summed E-state index contributed by atoms with van der Waals surface area (Å²) >= 11 is 0. The van der Waals surface area contributed by atoms with Crippen LogP contribution in [-0.4, -0.2) is 6.61 Å². The molecule has 0 radical (unpaired) electrons. The van der Waals surface area contributed by atoms with Crippen LogP contribution in [0.1, 0.15) is 6.92 Å². The van der Waals surface area contributed by atoms with Crippen molar-refractivity contribution in [1.82, 2.24) is 0 Å². The Labute approximate surface area is 58.8 Å². The average molecular weight is 142 g/mol. The van der Waals surface area contributed by atoms with Crippen molar-refractivity contribution in [1.29, 1.82) is 0 Å². The number of halogens is 1. The zero-order valence-corrected chi connectivity index (χ0v) is 5.75. The van der Waals surface area contributed by atoms with Gasteiger partial charge in [-0.25, -0.2) is 4.39 Å². The van der Waals surface area contributed by atoms with Crippen LogP contribution in [0.15, 0.2) is 24.5 Å². The largest absolute Gasteiger partial charge is 0.272 e. The van der Waals surface area contributed by atoms with Crippen LogP contribution in [0.4, 0.5) is 4.39 Å². The van der Waals surface area contributed by atoms with E-state index in [1.165, 1.54) is 29.3 Å². The molecule has 0 saturated heterocycles. The molecule has 0 spiro atoms. The maximum absolute atomic E-state index is 12.3. The first kappa shape index (κ1) is 6.99. The van der Waals surface area contributed by atoms with Crippen molar-refractivity contribution >= 4 is 0 Å². The predicted octanol–water partition coefficient (Wildman–Crippen LogP) is 0.562. The van der Waals surface area contributed by atoms with Crippen LogP contribution >= 0.6 is 0 Å². The molecule has 0 N–H and O–H groups in total. The Kier molecular flexibility index (Phi) is 2.20. The van der Waals surface area contributed by atoms with Gasteiger partial charge in [0.25, 0.3) is 0 Å². The smallest absolute Gasteiger partial charge is 0.225 e. The molecule has 1 aromatic heterocycles. The summed E-state index contributed by atoms with van der Waals surface area (Å²) in [7, 11) is 0. The van der Waals surface area contributed by atoms with Crippen molar-refractivity contribution in [2.75, 3.05) is 6.61 Å². The lowest BCUT2D eigenvalue weighted by molar-refractivity contribution is -0.891. The molecule has 0 atom stereocenters. The molecule has 54 valence electrons.